The highest BCUT2D eigenvalue weighted by molar-refractivity contribution is 7.15. The maximum atomic E-state index is 13.8. The Morgan fingerprint density at radius 2 is 2.00 bits per heavy atom. The second kappa shape index (κ2) is 6.87. The van der Waals surface area contributed by atoms with Crippen molar-refractivity contribution in [3.8, 4) is 10.4 Å². The average molecular weight is 317 g/mol. The van der Waals surface area contributed by atoms with Gasteiger partial charge in [-0.15, -0.1) is 11.3 Å². The van der Waals surface area contributed by atoms with Gasteiger partial charge in [-0.2, -0.15) is 0 Å². The van der Waals surface area contributed by atoms with Gasteiger partial charge >= 0.3 is 0 Å². The summed E-state index contributed by atoms with van der Waals surface area (Å²) in [6.07, 6.45) is 1.58. The molecule has 1 unspecified atom stereocenters. The number of rotatable bonds is 6. The molecule has 5 heteroatoms. The van der Waals surface area contributed by atoms with Gasteiger partial charge in [0.1, 0.15) is 11.6 Å². The van der Waals surface area contributed by atoms with Crippen molar-refractivity contribution in [2.75, 3.05) is 6.61 Å². The summed E-state index contributed by atoms with van der Waals surface area (Å²) in [6.45, 7) is 0.546. The third-order valence-corrected chi connectivity index (χ3v) is 4.51. The predicted octanol–water partition coefficient (Wildman–Crippen LogP) is 3.97. The van der Waals surface area contributed by atoms with Crippen LogP contribution in [0, 0.1) is 5.82 Å². The molecule has 0 aliphatic carbocycles. The highest BCUT2D eigenvalue weighted by Gasteiger charge is 2.13. The number of aliphatic hydroxyl groups is 1. The number of furan rings is 1. The average Bonchev–Trinajstić information content (AvgIpc) is 3.20. The summed E-state index contributed by atoms with van der Waals surface area (Å²) in [4.78, 5) is 1.97. The number of halogens is 1. The Bertz CT molecular complexity index is 724. The molecule has 0 spiro atoms. The lowest BCUT2D eigenvalue weighted by molar-refractivity contribution is 0.226. The summed E-state index contributed by atoms with van der Waals surface area (Å²) in [5.41, 5.74) is 0.614. The molecule has 0 saturated heterocycles. The Morgan fingerprint density at radius 1 is 1.14 bits per heavy atom. The second-order valence-corrected chi connectivity index (χ2v) is 6.05. The Labute approximate surface area is 132 Å². The van der Waals surface area contributed by atoms with Gasteiger partial charge in [0.05, 0.1) is 18.9 Å². The van der Waals surface area contributed by atoms with Crippen molar-refractivity contribution >= 4 is 11.3 Å². The second-order valence-electron chi connectivity index (χ2n) is 4.88. The lowest BCUT2D eigenvalue weighted by Gasteiger charge is -2.12. The van der Waals surface area contributed by atoms with Crippen LogP contribution in [0.1, 0.15) is 16.7 Å². The van der Waals surface area contributed by atoms with Gasteiger partial charge in [0.25, 0.3) is 0 Å². The van der Waals surface area contributed by atoms with E-state index in [9.17, 15) is 9.50 Å². The van der Waals surface area contributed by atoms with Crippen molar-refractivity contribution in [1.29, 1.82) is 0 Å². The Kier molecular flexibility index (Phi) is 4.68. The summed E-state index contributed by atoms with van der Waals surface area (Å²) in [5, 5.41) is 12.7. The van der Waals surface area contributed by atoms with E-state index in [0.717, 1.165) is 9.75 Å². The van der Waals surface area contributed by atoms with E-state index in [1.165, 1.54) is 17.4 Å². The van der Waals surface area contributed by atoms with E-state index in [1.807, 2.05) is 24.3 Å². The molecule has 1 aromatic carbocycles. The van der Waals surface area contributed by atoms with Gasteiger partial charge in [0, 0.05) is 21.9 Å². The van der Waals surface area contributed by atoms with E-state index in [1.54, 1.807) is 24.5 Å². The minimum absolute atomic E-state index is 0.0426. The summed E-state index contributed by atoms with van der Waals surface area (Å²) < 4.78 is 19.1. The molecule has 0 bridgehead atoms. The molecular weight excluding hydrogens is 301 g/mol. The Hall–Kier alpha value is -1.95. The molecule has 0 aliphatic rings. The SMILES string of the molecule is OCC(NCc1ccc(-c2ccccc2F)s1)c1ccco1. The number of benzene rings is 1. The molecule has 2 aromatic heterocycles. The standard InChI is InChI=1S/C17H16FNO2S/c18-14-5-2-1-4-13(14)17-8-7-12(22-17)10-19-15(11-20)16-6-3-9-21-16/h1-9,15,19-20H,10-11H2. The Morgan fingerprint density at radius 3 is 2.73 bits per heavy atom. The summed E-state index contributed by atoms with van der Waals surface area (Å²) >= 11 is 1.54. The topological polar surface area (TPSA) is 45.4 Å². The van der Waals surface area contributed by atoms with Crippen LogP contribution in [0.25, 0.3) is 10.4 Å². The van der Waals surface area contributed by atoms with E-state index >= 15 is 0 Å². The van der Waals surface area contributed by atoms with Gasteiger partial charge < -0.3 is 14.8 Å². The molecule has 0 amide bonds. The van der Waals surface area contributed by atoms with Crippen LogP contribution in [0.5, 0.6) is 0 Å². The number of hydrogen-bond acceptors (Lipinski definition) is 4. The smallest absolute Gasteiger partial charge is 0.131 e. The van der Waals surface area contributed by atoms with E-state index in [2.05, 4.69) is 5.32 Å². The molecule has 0 aliphatic heterocycles. The maximum Gasteiger partial charge on any atom is 0.131 e. The first kappa shape index (κ1) is 15.0. The summed E-state index contributed by atoms with van der Waals surface area (Å²) in [6, 6.07) is 14.0. The molecule has 114 valence electrons. The van der Waals surface area contributed by atoms with Crippen LogP contribution in [0.3, 0.4) is 0 Å². The minimum atomic E-state index is -0.242. The van der Waals surface area contributed by atoms with Crippen LogP contribution in [0.4, 0.5) is 4.39 Å². The molecule has 2 heterocycles. The van der Waals surface area contributed by atoms with Gasteiger partial charge in [0.2, 0.25) is 0 Å². The van der Waals surface area contributed by atoms with Crippen LogP contribution in [-0.2, 0) is 6.54 Å². The number of thiophene rings is 1. The number of nitrogens with one attached hydrogen (secondary N) is 1. The van der Waals surface area contributed by atoms with Gasteiger partial charge in [-0.25, -0.2) is 4.39 Å². The van der Waals surface area contributed by atoms with Crippen LogP contribution < -0.4 is 5.32 Å². The van der Waals surface area contributed by atoms with E-state index in [-0.39, 0.29) is 18.5 Å². The third kappa shape index (κ3) is 3.27. The normalized spacial score (nSPS) is 12.5. The Balaban J connectivity index is 1.68. The fraction of sp³-hybridized carbons (Fsp3) is 0.176. The highest BCUT2D eigenvalue weighted by atomic mass is 32.1. The maximum absolute atomic E-state index is 13.8. The zero-order valence-electron chi connectivity index (χ0n) is 11.8. The molecule has 3 aromatic rings. The fourth-order valence-corrected chi connectivity index (χ4v) is 3.23. The first-order valence-electron chi connectivity index (χ1n) is 6.99. The largest absolute Gasteiger partial charge is 0.468 e. The molecule has 2 N–H and O–H groups in total. The zero-order valence-corrected chi connectivity index (χ0v) is 12.6. The zero-order chi connectivity index (χ0) is 15.4. The summed E-state index contributed by atoms with van der Waals surface area (Å²) in [7, 11) is 0. The molecule has 3 rings (SSSR count). The van der Waals surface area contributed by atoms with Crippen molar-refractivity contribution in [2.24, 2.45) is 0 Å². The number of hydrogen-bond donors (Lipinski definition) is 2. The monoisotopic (exact) mass is 317 g/mol. The minimum Gasteiger partial charge on any atom is -0.468 e. The molecule has 3 nitrogen and oxygen atoms in total. The van der Waals surface area contributed by atoms with Crippen LogP contribution in [0.15, 0.2) is 59.2 Å². The van der Waals surface area contributed by atoms with Crippen molar-refractivity contribution in [3.63, 3.8) is 0 Å². The van der Waals surface area contributed by atoms with Crippen molar-refractivity contribution < 1.29 is 13.9 Å². The molecule has 0 radical (unpaired) electrons. The van der Waals surface area contributed by atoms with E-state index < -0.39 is 0 Å². The lowest BCUT2D eigenvalue weighted by atomic mass is 10.2. The molecule has 1 atom stereocenters. The first-order valence-corrected chi connectivity index (χ1v) is 7.81. The predicted molar refractivity (Wildman–Crippen MR) is 85.1 cm³/mol. The highest BCUT2D eigenvalue weighted by Crippen LogP contribution is 2.30. The van der Waals surface area contributed by atoms with Crippen LogP contribution in [-0.4, -0.2) is 11.7 Å². The van der Waals surface area contributed by atoms with Gasteiger partial charge in [-0.1, -0.05) is 18.2 Å². The van der Waals surface area contributed by atoms with Gasteiger partial charge in [-0.05, 0) is 30.3 Å². The molecule has 0 fully saturated rings. The summed E-state index contributed by atoms with van der Waals surface area (Å²) in [5.74, 6) is 0.487. The van der Waals surface area contributed by atoms with E-state index in [4.69, 9.17) is 4.42 Å². The van der Waals surface area contributed by atoms with Gasteiger partial charge in [-0.3, -0.25) is 0 Å². The van der Waals surface area contributed by atoms with Crippen molar-refractivity contribution in [2.45, 2.75) is 12.6 Å². The molecule has 22 heavy (non-hydrogen) atoms. The van der Waals surface area contributed by atoms with Crippen molar-refractivity contribution in [1.82, 2.24) is 5.32 Å². The lowest BCUT2D eigenvalue weighted by Crippen LogP contribution is -2.23. The molecular formula is C17H16FNO2S. The molecule has 0 saturated carbocycles. The quantitative estimate of drug-likeness (QED) is 0.723. The number of aliphatic hydroxyl groups excluding tert-OH is 1. The van der Waals surface area contributed by atoms with Crippen LogP contribution >= 0.6 is 11.3 Å². The van der Waals surface area contributed by atoms with E-state index in [0.29, 0.717) is 17.9 Å². The van der Waals surface area contributed by atoms with Gasteiger partial charge in [0.15, 0.2) is 0 Å². The van der Waals surface area contributed by atoms with Crippen LogP contribution in [0.2, 0.25) is 0 Å². The fourth-order valence-electron chi connectivity index (χ4n) is 2.25. The third-order valence-electron chi connectivity index (χ3n) is 3.39. The first-order chi connectivity index (χ1) is 10.8. The van der Waals surface area contributed by atoms with Crippen molar-refractivity contribution in [3.05, 3.63) is 71.2 Å².